The molecule has 2 aliphatic heterocycles. The molecule has 0 bridgehead atoms. The lowest BCUT2D eigenvalue weighted by Gasteiger charge is -2.44. The van der Waals surface area contributed by atoms with Crippen molar-refractivity contribution in [3.63, 3.8) is 0 Å². The van der Waals surface area contributed by atoms with Gasteiger partial charge in [-0.1, -0.05) is 6.08 Å². The fourth-order valence-electron chi connectivity index (χ4n) is 3.27. The van der Waals surface area contributed by atoms with Crippen molar-refractivity contribution in [2.75, 3.05) is 26.7 Å². The zero-order valence-corrected chi connectivity index (χ0v) is 14.7. The highest BCUT2D eigenvalue weighted by atomic mass is 32.1. The van der Waals surface area contributed by atoms with Crippen LogP contribution in [0.1, 0.15) is 29.6 Å². The van der Waals surface area contributed by atoms with Gasteiger partial charge >= 0.3 is 0 Å². The number of ketones is 1. The fraction of sp³-hybridized carbons (Fsp3) is 0.444. The van der Waals surface area contributed by atoms with Crippen LogP contribution in [0, 0.1) is 0 Å². The zero-order chi connectivity index (χ0) is 17.2. The van der Waals surface area contributed by atoms with Crippen LogP contribution in [-0.4, -0.2) is 48.1 Å². The van der Waals surface area contributed by atoms with E-state index in [-0.39, 0.29) is 5.78 Å². The van der Waals surface area contributed by atoms with Gasteiger partial charge in [-0.3, -0.25) is 4.79 Å². The van der Waals surface area contributed by atoms with Gasteiger partial charge in [-0.25, -0.2) is 0 Å². The molecule has 128 valence electrons. The Balaban J connectivity index is 1.71. The van der Waals surface area contributed by atoms with Gasteiger partial charge in [0.05, 0.1) is 19.1 Å². The number of benzene rings is 1. The van der Waals surface area contributed by atoms with Crippen LogP contribution in [0.3, 0.4) is 0 Å². The van der Waals surface area contributed by atoms with Crippen LogP contribution in [0.25, 0.3) is 0 Å². The Morgan fingerprint density at radius 2 is 2.25 bits per heavy atom. The van der Waals surface area contributed by atoms with Crippen LogP contribution in [-0.2, 0) is 0 Å². The first-order chi connectivity index (χ1) is 11.6. The summed E-state index contributed by atoms with van der Waals surface area (Å²) in [5, 5.41) is 3.88. The quantitative estimate of drug-likeness (QED) is 0.671. The number of piperidine rings is 1. The van der Waals surface area contributed by atoms with Crippen molar-refractivity contribution in [2.45, 2.75) is 24.9 Å². The molecule has 6 heteroatoms. The topological polar surface area (TPSA) is 50.8 Å². The molecule has 0 aliphatic carbocycles. The largest absolute Gasteiger partial charge is 0.497 e. The molecule has 1 saturated heterocycles. The Kier molecular flexibility index (Phi) is 4.76. The molecule has 0 radical (unpaired) electrons. The van der Waals surface area contributed by atoms with Gasteiger partial charge in [0.1, 0.15) is 17.1 Å². The number of hydrogen-bond donors (Lipinski definition) is 1. The maximum absolute atomic E-state index is 12.5. The molecule has 0 saturated carbocycles. The van der Waals surface area contributed by atoms with Crippen molar-refractivity contribution in [3.8, 4) is 11.5 Å². The number of fused-ring (bicyclic) bond motifs is 1. The molecule has 2 heterocycles. The predicted molar refractivity (Wildman–Crippen MR) is 96.9 cm³/mol. The third-order valence-electron chi connectivity index (χ3n) is 4.66. The summed E-state index contributed by atoms with van der Waals surface area (Å²) in [6, 6.07) is 5.38. The van der Waals surface area contributed by atoms with Crippen LogP contribution in [0.5, 0.6) is 11.5 Å². The van der Waals surface area contributed by atoms with Crippen LogP contribution in [0.2, 0.25) is 0 Å². The number of nitrogens with one attached hydrogen (secondary N) is 1. The number of carbonyl (C=O) groups excluding carboxylic acids is 1. The number of carbonyl (C=O) groups is 1. The lowest BCUT2D eigenvalue weighted by atomic mass is 9.82. The molecule has 24 heavy (non-hydrogen) atoms. The summed E-state index contributed by atoms with van der Waals surface area (Å²) >= 11 is 5.39. The second kappa shape index (κ2) is 6.81. The molecule has 3 rings (SSSR count). The molecule has 1 N–H and O–H groups in total. The highest BCUT2D eigenvalue weighted by Gasteiger charge is 2.43. The standard InChI is InChI=1S/C18H22N2O3S/c1-3-8-19-17(24)20-9-6-18(7-10-20)12-15(21)14-5-4-13(22-2)11-16(14)23-18/h3-5,11H,1,6-10,12H2,2H3,(H,19,24). The molecule has 2 aliphatic rings. The number of likely N-dealkylation sites (tertiary alicyclic amines) is 1. The minimum atomic E-state index is -0.430. The van der Waals surface area contributed by atoms with E-state index in [1.807, 2.05) is 0 Å². The molecule has 0 unspecified atom stereocenters. The highest BCUT2D eigenvalue weighted by molar-refractivity contribution is 7.80. The number of nitrogens with zero attached hydrogens (tertiary/aromatic N) is 1. The first kappa shape index (κ1) is 16.8. The monoisotopic (exact) mass is 346 g/mol. The number of thiocarbonyl (C=S) groups is 1. The highest BCUT2D eigenvalue weighted by Crippen LogP contribution is 2.40. The maximum Gasteiger partial charge on any atom is 0.170 e. The van der Waals surface area contributed by atoms with E-state index in [2.05, 4.69) is 16.8 Å². The third kappa shape index (κ3) is 3.24. The average molecular weight is 346 g/mol. The summed E-state index contributed by atoms with van der Waals surface area (Å²) in [6.07, 6.45) is 3.74. The van der Waals surface area contributed by atoms with Gasteiger partial charge in [0.2, 0.25) is 0 Å². The molecular formula is C18H22N2O3S. The van der Waals surface area contributed by atoms with Crippen molar-refractivity contribution in [1.82, 2.24) is 10.2 Å². The van der Waals surface area contributed by atoms with Gasteiger partial charge < -0.3 is 19.7 Å². The van der Waals surface area contributed by atoms with Crippen LogP contribution >= 0.6 is 12.2 Å². The Bertz CT molecular complexity index is 666. The predicted octanol–water partition coefficient (Wildman–Crippen LogP) is 2.56. The lowest BCUT2D eigenvalue weighted by Crippen LogP contribution is -2.54. The Hall–Kier alpha value is -2.08. The average Bonchev–Trinajstić information content (AvgIpc) is 2.59. The minimum absolute atomic E-state index is 0.139. The number of hydrogen-bond acceptors (Lipinski definition) is 4. The molecular weight excluding hydrogens is 324 g/mol. The Morgan fingerprint density at radius 1 is 1.50 bits per heavy atom. The molecule has 1 aromatic rings. The zero-order valence-electron chi connectivity index (χ0n) is 13.8. The molecule has 1 spiro atoms. The third-order valence-corrected chi connectivity index (χ3v) is 5.06. The summed E-state index contributed by atoms with van der Waals surface area (Å²) in [6.45, 7) is 5.88. The minimum Gasteiger partial charge on any atom is -0.497 e. The van der Waals surface area contributed by atoms with Crippen LogP contribution in [0.4, 0.5) is 0 Å². The SMILES string of the molecule is C=CCNC(=S)N1CCC2(CC1)CC(=O)c1ccc(OC)cc1O2. The van der Waals surface area contributed by atoms with Crippen LogP contribution < -0.4 is 14.8 Å². The second-order valence-corrected chi connectivity index (χ2v) is 6.60. The van der Waals surface area contributed by atoms with E-state index < -0.39 is 5.60 Å². The van der Waals surface area contributed by atoms with Crippen molar-refractivity contribution < 1.29 is 14.3 Å². The van der Waals surface area contributed by atoms with Gasteiger partial charge in [0.15, 0.2) is 10.9 Å². The van der Waals surface area contributed by atoms with Gasteiger partial charge in [-0.05, 0) is 24.4 Å². The Morgan fingerprint density at radius 3 is 2.92 bits per heavy atom. The van der Waals surface area contributed by atoms with E-state index in [1.54, 1.807) is 31.4 Å². The summed E-state index contributed by atoms with van der Waals surface area (Å²) in [5.41, 5.74) is 0.216. The van der Waals surface area contributed by atoms with Crippen molar-refractivity contribution in [3.05, 3.63) is 36.4 Å². The van der Waals surface area contributed by atoms with E-state index in [1.165, 1.54) is 0 Å². The van der Waals surface area contributed by atoms with E-state index >= 15 is 0 Å². The molecule has 5 nitrogen and oxygen atoms in total. The first-order valence-corrected chi connectivity index (χ1v) is 8.52. The van der Waals surface area contributed by atoms with E-state index in [0.29, 0.717) is 30.0 Å². The molecule has 0 amide bonds. The molecule has 0 aromatic heterocycles. The maximum atomic E-state index is 12.5. The van der Waals surface area contributed by atoms with Crippen molar-refractivity contribution in [2.24, 2.45) is 0 Å². The summed E-state index contributed by atoms with van der Waals surface area (Å²) in [7, 11) is 1.61. The number of ether oxygens (including phenoxy) is 2. The van der Waals surface area contributed by atoms with E-state index in [4.69, 9.17) is 21.7 Å². The molecule has 1 aromatic carbocycles. The number of Topliss-reactive ketones (excluding diaryl/α,β-unsaturated/α-hetero) is 1. The summed E-state index contributed by atoms with van der Waals surface area (Å²) in [4.78, 5) is 14.7. The fourth-order valence-corrected chi connectivity index (χ4v) is 3.53. The lowest BCUT2D eigenvalue weighted by molar-refractivity contribution is 0.00350. The van der Waals surface area contributed by atoms with E-state index in [0.717, 1.165) is 31.0 Å². The number of methoxy groups -OCH3 is 1. The number of rotatable bonds is 3. The normalized spacial score (nSPS) is 18.5. The Labute approximate surface area is 147 Å². The van der Waals surface area contributed by atoms with Gasteiger partial charge in [0.25, 0.3) is 0 Å². The van der Waals surface area contributed by atoms with Crippen molar-refractivity contribution in [1.29, 1.82) is 0 Å². The smallest absolute Gasteiger partial charge is 0.170 e. The van der Waals surface area contributed by atoms with Gasteiger partial charge in [-0.2, -0.15) is 0 Å². The van der Waals surface area contributed by atoms with Gasteiger partial charge in [-0.15, -0.1) is 6.58 Å². The molecule has 0 atom stereocenters. The van der Waals surface area contributed by atoms with Crippen LogP contribution in [0.15, 0.2) is 30.9 Å². The first-order valence-electron chi connectivity index (χ1n) is 8.11. The van der Waals surface area contributed by atoms with Crippen molar-refractivity contribution >= 4 is 23.1 Å². The summed E-state index contributed by atoms with van der Waals surface area (Å²) < 4.78 is 11.5. The van der Waals surface area contributed by atoms with E-state index in [9.17, 15) is 4.79 Å². The molecule has 1 fully saturated rings. The van der Waals surface area contributed by atoms with Gasteiger partial charge in [0, 0.05) is 38.5 Å². The summed E-state index contributed by atoms with van der Waals surface area (Å²) in [5.74, 6) is 1.47. The second-order valence-electron chi connectivity index (χ2n) is 6.21.